The van der Waals surface area contributed by atoms with Gasteiger partial charge in [-0.1, -0.05) is 13.0 Å². The molecule has 1 aliphatic rings. The van der Waals surface area contributed by atoms with Gasteiger partial charge in [0, 0.05) is 16.7 Å². The standard InChI is InChI=1S/C11H13NO2S/c1-7-6-12-10-8(11(13)14-2)4-3-5-9(10)15-7/h3-5,7,12H,6H2,1-2H3. The smallest absolute Gasteiger partial charge is 0.340 e. The fourth-order valence-corrected chi connectivity index (χ4v) is 2.65. The second-order valence-electron chi connectivity index (χ2n) is 3.48. The highest BCUT2D eigenvalue weighted by atomic mass is 32.2. The van der Waals surface area contributed by atoms with E-state index in [0.29, 0.717) is 10.8 Å². The van der Waals surface area contributed by atoms with Crippen LogP contribution in [0.25, 0.3) is 0 Å². The lowest BCUT2D eigenvalue weighted by Gasteiger charge is -2.24. The molecule has 2 rings (SSSR count). The highest BCUT2D eigenvalue weighted by Crippen LogP contribution is 2.37. The maximum absolute atomic E-state index is 11.5. The van der Waals surface area contributed by atoms with Gasteiger partial charge in [0.2, 0.25) is 0 Å². The van der Waals surface area contributed by atoms with Crippen LogP contribution in [0.2, 0.25) is 0 Å². The van der Waals surface area contributed by atoms with E-state index in [1.807, 2.05) is 12.1 Å². The molecule has 0 aliphatic carbocycles. The Hall–Kier alpha value is -1.16. The van der Waals surface area contributed by atoms with E-state index < -0.39 is 0 Å². The number of hydrogen-bond donors (Lipinski definition) is 1. The molecule has 0 saturated heterocycles. The van der Waals surface area contributed by atoms with Gasteiger partial charge in [-0.25, -0.2) is 4.79 Å². The van der Waals surface area contributed by atoms with Gasteiger partial charge in [-0.3, -0.25) is 0 Å². The molecule has 1 atom stereocenters. The molecule has 0 bridgehead atoms. The van der Waals surface area contributed by atoms with E-state index in [-0.39, 0.29) is 5.97 Å². The van der Waals surface area contributed by atoms with Crippen molar-refractivity contribution in [3.63, 3.8) is 0 Å². The quantitative estimate of drug-likeness (QED) is 0.742. The fourth-order valence-electron chi connectivity index (χ4n) is 1.60. The summed E-state index contributed by atoms with van der Waals surface area (Å²) in [6, 6.07) is 5.70. The van der Waals surface area contributed by atoms with Gasteiger partial charge < -0.3 is 10.1 Å². The molecular weight excluding hydrogens is 210 g/mol. The zero-order valence-corrected chi connectivity index (χ0v) is 9.56. The van der Waals surface area contributed by atoms with Gasteiger partial charge in [-0.2, -0.15) is 0 Å². The van der Waals surface area contributed by atoms with Crippen molar-refractivity contribution in [3.8, 4) is 0 Å². The minimum absolute atomic E-state index is 0.283. The van der Waals surface area contributed by atoms with Gasteiger partial charge in [0.15, 0.2) is 0 Å². The van der Waals surface area contributed by atoms with Crippen LogP contribution < -0.4 is 5.32 Å². The molecule has 1 aromatic carbocycles. The number of anilines is 1. The van der Waals surface area contributed by atoms with Gasteiger partial charge in [-0.15, -0.1) is 11.8 Å². The lowest BCUT2D eigenvalue weighted by atomic mass is 10.1. The molecule has 3 nitrogen and oxygen atoms in total. The van der Waals surface area contributed by atoms with E-state index in [0.717, 1.165) is 17.1 Å². The molecule has 1 aromatic rings. The van der Waals surface area contributed by atoms with Crippen LogP contribution in [0.1, 0.15) is 17.3 Å². The molecule has 0 saturated carbocycles. The van der Waals surface area contributed by atoms with Gasteiger partial charge in [0.05, 0.1) is 18.4 Å². The average molecular weight is 223 g/mol. The maximum atomic E-state index is 11.5. The van der Waals surface area contributed by atoms with Crippen LogP contribution in [-0.2, 0) is 4.74 Å². The second kappa shape index (κ2) is 4.14. The molecular formula is C11H13NO2S. The molecule has 4 heteroatoms. The van der Waals surface area contributed by atoms with E-state index in [1.54, 1.807) is 17.8 Å². The number of ether oxygens (including phenoxy) is 1. The largest absolute Gasteiger partial charge is 0.465 e. The molecule has 1 unspecified atom stereocenters. The second-order valence-corrected chi connectivity index (χ2v) is 4.96. The molecule has 0 amide bonds. The predicted molar refractivity (Wildman–Crippen MR) is 61.6 cm³/mol. The van der Waals surface area contributed by atoms with Crippen molar-refractivity contribution < 1.29 is 9.53 Å². The van der Waals surface area contributed by atoms with Gasteiger partial charge >= 0.3 is 5.97 Å². The summed E-state index contributed by atoms with van der Waals surface area (Å²) in [6.07, 6.45) is 0. The number of thioether (sulfide) groups is 1. The number of fused-ring (bicyclic) bond motifs is 1. The molecule has 1 N–H and O–H groups in total. The van der Waals surface area contributed by atoms with Crippen LogP contribution in [0.5, 0.6) is 0 Å². The lowest BCUT2D eigenvalue weighted by Crippen LogP contribution is -2.20. The van der Waals surface area contributed by atoms with Crippen molar-refractivity contribution in [1.29, 1.82) is 0 Å². The molecule has 0 aromatic heterocycles. The van der Waals surface area contributed by atoms with E-state index in [1.165, 1.54) is 7.11 Å². The number of methoxy groups -OCH3 is 1. The van der Waals surface area contributed by atoms with Crippen LogP contribution in [0.15, 0.2) is 23.1 Å². The normalized spacial score (nSPS) is 18.9. The van der Waals surface area contributed by atoms with E-state index in [9.17, 15) is 4.79 Å². The minimum Gasteiger partial charge on any atom is -0.465 e. The molecule has 1 heterocycles. The summed E-state index contributed by atoms with van der Waals surface area (Å²) in [5.41, 5.74) is 1.53. The summed E-state index contributed by atoms with van der Waals surface area (Å²) in [5, 5.41) is 3.81. The van der Waals surface area contributed by atoms with Crippen LogP contribution >= 0.6 is 11.8 Å². The highest BCUT2D eigenvalue weighted by molar-refractivity contribution is 8.00. The number of nitrogens with one attached hydrogen (secondary N) is 1. The number of benzene rings is 1. The number of rotatable bonds is 1. The molecule has 0 spiro atoms. The first kappa shape index (κ1) is 10.4. The predicted octanol–water partition coefficient (Wildman–Crippen LogP) is 2.38. The van der Waals surface area contributed by atoms with Crippen molar-refractivity contribution >= 4 is 23.4 Å². The Bertz CT molecular complexity index is 392. The summed E-state index contributed by atoms with van der Waals surface area (Å²) >= 11 is 1.78. The van der Waals surface area contributed by atoms with Crippen molar-refractivity contribution in [2.75, 3.05) is 19.0 Å². The third-order valence-corrected chi connectivity index (χ3v) is 3.49. The summed E-state index contributed by atoms with van der Waals surface area (Å²) in [7, 11) is 1.40. The maximum Gasteiger partial charge on any atom is 0.340 e. The Labute approximate surface area is 93.2 Å². The van der Waals surface area contributed by atoms with E-state index in [2.05, 4.69) is 12.2 Å². The van der Waals surface area contributed by atoms with Crippen molar-refractivity contribution in [2.24, 2.45) is 0 Å². The zero-order chi connectivity index (χ0) is 10.8. The Balaban J connectivity index is 2.42. The van der Waals surface area contributed by atoms with Gasteiger partial charge in [-0.05, 0) is 12.1 Å². The highest BCUT2D eigenvalue weighted by Gasteiger charge is 2.21. The average Bonchev–Trinajstić information content (AvgIpc) is 2.26. The molecule has 15 heavy (non-hydrogen) atoms. The summed E-state index contributed by atoms with van der Waals surface area (Å²) in [4.78, 5) is 12.6. The summed E-state index contributed by atoms with van der Waals surface area (Å²) < 4.78 is 4.74. The molecule has 1 aliphatic heterocycles. The van der Waals surface area contributed by atoms with Crippen LogP contribution in [0.3, 0.4) is 0 Å². The first-order valence-electron chi connectivity index (χ1n) is 4.84. The van der Waals surface area contributed by atoms with Gasteiger partial charge in [0.25, 0.3) is 0 Å². The number of para-hydroxylation sites is 1. The Morgan fingerprint density at radius 3 is 3.13 bits per heavy atom. The zero-order valence-electron chi connectivity index (χ0n) is 8.74. The minimum atomic E-state index is -0.283. The van der Waals surface area contributed by atoms with Crippen LogP contribution in [0, 0.1) is 0 Å². The number of hydrogen-bond acceptors (Lipinski definition) is 4. The van der Waals surface area contributed by atoms with Crippen molar-refractivity contribution in [1.82, 2.24) is 0 Å². The third kappa shape index (κ3) is 1.95. The topological polar surface area (TPSA) is 38.3 Å². The molecule has 0 fully saturated rings. The Morgan fingerprint density at radius 1 is 1.60 bits per heavy atom. The Morgan fingerprint density at radius 2 is 2.40 bits per heavy atom. The van der Waals surface area contributed by atoms with E-state index >= 15 is 0 Å². The number of carbonyl (C=O) groups excluding carboxylic acids is 1. The third-order valence-electron chi connectivity index (χ3n) is 2.33. The molecule has 80 valence electrons. The number of carbonyl (C=O) groups is 1. The van der Waals surface area contributed by atoms with Crippen molar-refractivity contribution in [2.45, 2.75) is 17.1 Å². The van der Waals surface area contributed by atoms with Crippen molar-refractivity contribution in [3.05, 3.63) is 23.8 Å². The fraction of sp³-hybridized carbons (Fsp3) is 0.364. The summed E-state index contributed by atoms with van der Waals surface area (Å²) in [5.74, 6) is -0.283. The summed E-state index contributed by atoms with van der Waals surface area (Å²) in [6.45, 7) is 3.04. The lowest BCUT2D eigenvalue weighted by molar-refractivity contribution is 0.0601. The SMILES string of the molecule is COC(=O)c1cccc2c1NCC(C)S2. The monoisotopic (exact) mass is 223 g/mol. The van der Waals surface area contributed by atoms with Crippen LogP contribution in [0.4, 0.5) is 5.69 Å². The molecule has 0 radical (unpaired) electrons. The first-order chi connectivity index (χ1) is 7.22. The van der Waals surface area contributed by atoms with E-state index in [4.69, 9.17) is 4.74 Å². The van der Waals surface area contributed by atoms with Gasteiger partial charge in [0.1, 0.15) is 0 Å². The number of esters is 1. The Kier molecular flexibility index (Phi) is 2.86. The van der Waals surface area contributed by atoms with Crippen LogP contribution in [-0.4, -0.2) is 24.9 Å². The first-order valence-corrected chi connectivity index (χ1v) is 5.72.